The van der Waals surface area contributed by atoms with Gasteiger partial charge in [0.1, 0.15) is 0 Å². The Kier molecular flexibility index (Phi) is 3.83. The Morgan fingerprint density at radius 1 is 1.39 bits per heavy atom. The fourth-order valence-corrected chi connectivity index (χ4v) is 1.98. The van der Waals surface area contributed by atoms with Crippen LogP contribution < -0.4 is 10.6 Å². The van der Waals surface area contributed by atoms with Gasteiger partial charge in [0.15, 0.2) is 0 Å². The van der Waals surface area contributed by atoms with Crippen molar-refractivity contribution in [3.63, 3.8) is 0 Å². The van der Waals surface area contributed by atoms with Gasteiger partial charge in [-0.15, -0.1) is 10.2 Å². The van der Waals surface area contributed by atoms with Gasteiger partial charge in [0.25, 0.3) is 5.91 Å². The summed E-state index contributed by atoms with van der Waals surface area (Å²) in [7, 11) is 1.73. The number of rotatable bonds is 4. The Morgan fingerprint density at radius 2 is 2.22 bits per heavy atom. The van der Waals surface area contributed by atoms with Crippen LogP contribution in [-0.4, -0.2) is 28.1 Å². The number of carbonyl (C=O) groups excluding carboxylic acids is 1. The van der Waals surface area contributed by atoms with Crippen molar-refractivity contribution in [2.75, 3.05) is 12.4 Å². The zero-order chi connectivity index (χ0) is 13.0. The van der Waals surface area contributed by atoms with E-state index in [2.05, 4.69) is 25.8 Å². The molecule has 6 nitrogen and oxygen atoms in total. The molecule has 0 aromatic carbocycles. The molecule has 2 heterocycles. The standard InChI is InChI=1S/C11H13N5OS/c1-7(8-5-3-4-6-13-8)14-9(17)10-15-16-11(12-2)18-10/h3-7H,1-2H3,(H,12,16)(H,14,17). The predicted molar refractivity (Wildman–Crippen MR) is 69.6 cm³/mol. The molecule has 2 rings (SSSR count). The largest absolute Gasteiger partial charge is 0.363 e. The van der Waals surface area contributed by atoms with E-state index in [-0.39, 0.29) is 11.9 Å². The highest BCUT2D eigenvalue weighted by molar-refractivity contribution is 7.17. The van der Waals surface area contributed by atoms with Crippen LogP contribution in [0.4, 0.5) is 5.13 Å². The number of nitrogens with zero attached hydrogens (tertiary/aromatic N) is 3. The van der Waals surface area contributed by atoms with Crippen molar-refractivity contribution in [1.29, 1.82) is 0 Å². The molecule has 0 aliphatic rings. The molecule has 18 heavy (non-hydrogen) atoms. The van der Waals surface area contributed by atoms with E-state index in [1.165, 1.54) is 11.3 Å². The molecule has 0 radical (unpaired) electrons. The van der Waals surface area contributed by atoms with Crippen LogP contribution in [0, 0.1) is 0 Å². The van der Waals surface area contributed by atoms with Crippen molar-refractivity contribution in [2.24, 2.45) is 0 Å². The first-order valence-electron chi connectivity index (χ1n) is 5.43. The number of anilines is 1. The molecule has 0 fully saturated rings. The Bertz CT molecular complexity index is 527. The van der Waals surface area contributed by atoms with E-state index in [0.717, 1.165) is 5.69 Å². The summed E-state index contributed by atoms with van der Waals surface area (Å²) < 4.78 is 0. The van der Waals surface area contributed by atoms with Crippen molar-refractivity contribution < 1.29 is 4.79 Å². The van der Waals surface area contributed by atoms with Gasteiger partial charge in [-0.05, 0) is 19.1 Å². The molecule has 0 bridgehead atoms. The SMILES string of the molecule is CNc1nnc(C(=O)NC(C)c2ccccn2)s1. The number of pyridine rings is 1. The van der Waals surface area contributed by atoms with E-state index in [4.69, 9.17) is 0 Å². The van der Waals surface area contributed by atoms with Crippen LogP contribution in [-0.2, 0) is 0 Å². The van der Waals surface area contributed by atoms with Crippen molar-refractivity contribution in [2.45, 2.75) is 13.0 Å². The van der Waals surface area contributed by atoms with E-state index in [1.807, 2.05) is 25.1 Å². The zero-order valence-corrected chi connectivity index (χ0v) is 10.9. The lowest BCUT2D eigenvalue weighted by molar-refractivity contribution is 0.0938. The van der Waals surface area contributed by atoms with Crippen LogP contribution in [0.15, 0.2) is 24.4 Å². The number of hydrogen-bond acceptors (Lipinski definition) is 6. The fourth-order valence-electron chi connectivity index (χ4n) is 1.38. The summed E-state index contributed by atoms with van der Waals surface area (Å²) in [6.07, 6.45) is 1.70. The summed E-state index contributed by atoms with van der Waals surface area (Å²) in [5.74, 6) is -0.243. The molecular formula is C11H13N5OS. The minimum absolute atomic E-state index is 0.166. The first kappa shape index (κ1) is 12.4. The molecule has 0 aliphatic carbocycles. The number of hydrogen-bond donors (Lipinski definition) is 2. The molecule has 0 saturated carbocycles. The van der Waals surface area contributed by atoms with Crippen molar-refractivity contribution in [1.82, 2.24) is 20.5 Å². The molecule has 7 heteroatoms. The second-order valence-electron chi connectivity index (χ2n) is 3.61. The highest BCUT2D eigenvalue weighted by Gasteiger charge is 2.16. The van der Waals surface area contributed by atoms with E-state index < -0.39 is 0 Å². The molecule has 2 N–H and O–H groups in total. The van der Waals surface area contributed by atoms with E-state index in [1.54, 1.807) is 13.2 Å². The maximum Gasteiger partial charge on any atom is 0.282 e. The summed E-state index contributed by atoms with van der Waals surface area (Å²) in [5.41, 5.74) is 0.809. The number of amides is 1. The molecule has 1 atom stereocenters. The Labute approximate surface area is 108 Å². The zero-order valence-electron chi connectivity index (χ0n) is 10.0. The van der Waals surface area contributed by atoms with Crippen LogP contribution in [0.25, 0.3) is 0 Å². The van der Waals surface area contributed by atoms with Crippen LogP contribution in [0.2, 0.25) is 0 Å². The third kappa shape index (κ3) is 2.80. The summed E-state index contributed by atoms with van der Waals surface area (Å²) in [6, 6.07) is 5.42. The third-order valence-corrected chi connectivity index (χ3v) is 3.25. The second kappa shape index (κ2) is 5.54. The molecule has 0 spiro atoms. The Hall–Kier alpha value is -2.02. The maximum atomic E-state index is 11.9. The molecule has 0 aliphatic heterocycles. The Balaban J connectivity index is 2.03. The van der Waals surface area contributed by atoms with Gasteiger partial charge in [-0.1, -0.05) is 17.4 Å². The summed E-state index contributed by atoms with van der Waals surface area (Å²) in [5, 5.41) is 14.2. The van der Waals surface area contributed by atoms with Gasteiger partial charge in [-0.3, -0.25) is 9.78 Å². The predicted octanol–water partition coefficient (Wildman–Crippen LogP) is 1.47. The highest BCUT2D eigenvalue weighted by atomic mass is 32.1. The number of carbonyl (C=O) groups is 1. The van der Waals surface area contributed by atoms with E-state index >= 15 is 0 Å². The average Bonchev–Trinajstić information content (AvgIpc) is 2.88. The van der Waals surface area contributed by atoms with Crippen LogP contribution in [0.3, 0.4) is 0 Å². The van der Waals surface area contributed by atoms with E-state index in [9.17, 15) is 4.79 Å². The molecule has 2 aromatic rings. The smallest absolute Gasteiger partial charge is 0.282 e. The average molecular weight is 263 g/mol. The summed E-state index contributed by atoms with van der Waals surface area (Å²) in [6.45, 7) is 1.88. The lowest BCUT2D eigenvalue weighted by atomic mass is 10.2. The fraction of sp³-hybridized carbons (Fsp3) is 0.273. The normalized spacial score (nSPS) is 11.9. The Morgan fingerprint density at radius 3 is 2.83 bits per heavy atom. The molecule has 1 unspecified atom stereocenters. The second-order valence-corrected chi connectivity index (χ2v) is 4.59. The quantitative estimate of drug-likeness (QED) is 0.873. The summed E-state index contributed by atoms with van der Waals surface area (Å²) in [4.78, 5) is 16.1. The van der Waals surface area contributed by atoms with Gasteiger partial charge >= 0.3 is 0 Å². The van der Waals surface area contributed by atoms with Crippen molar-refractivity contribution in [3.8, 4) is 0 Å². The monoisotopic (exact) mass is 263 g/mol. The van der Waals surface area contributed by atoms with E-state index in [0.29, 0.717) is 10.1 Å². The van der Waals surface area contributed by atoms with Gasteiger partial charge in [-0.25, -0.2) is 0 Å². The van der Waals surface area contributed by atoms with Gasteiger partial charge in [0, 0.05) is 13.2 Å². The topological polar surface area (TPSA) is 79.8 Å². The van der Waals surface area contributed by atoms with Crippen LogP contribution in [0.1, 0.15) is 28.5 Å². The molecule has 0 saturated heterocycles. The van der Waals surface area contributed by atoms with Gasteiger partial charge in [0.2, 0.25) is 10.1 Å². The molecule has 1 amide bonds. The highest BCUT2D eigenvalue weighted by Crippen LogP contribution is 2.15. The minimum Gasteiger partial charge on any atom is -0.363 e. The van der Waals surface area contributed by atoms with Crippen molar-refractivity contribution in [3.05, 3.63) is 35.1 Å². The molecule has 2 aromatic heterocycles. The van der Waals surface area contributed by atoms with Crippen LogP contribution >= 0.6 is 11.3 Å². The van der Waals surface area contributed by atoms with Gasteiger partial charge < -0.3 is 10.6 Å². The van der Waals surface area contributed by atoms with Gasteiger partial charge in [0.05, 0.1) is 11.7 Å². The number of nitrogens with one attached hydrogen (secondary N) is 2. The molecular weight excluding hydrogens is 250 g/mol. The minimum atomic E-state index is -0.243. The van der Waals surface area contributed by atoms with Crippen molar-refractivity contribution >= 4 is 22.4 Å². The molecule has 94 valence electrons. The maximum absolute atomic E-state index is 11.9. The number of aromatic nitrogens is 3. The van der Waals surface area contributed by atoms with Gasteiger partial charge in [-0.2, -0.15) is 0 Å². The lowest BCUT2D eigenvalue weighted by Gasteiger charge is -2.11. The first-order chi connectivity index (χ1) is 8.70. The lowest BCUT2D eigenvalue weighted by Crippen LogP contribution is -2.27. The third-order valence-electron chi connectivity index (χ3n) is 2.31. The first-order valence-corrected chi connectivity index (χ1v) is 6.25. The summed E-state index contributed by atoms with van der Waals surface area (Å²) >= 11 is 1.21. The van der Waals surface area contributed by atoms with Crippen LogP contribution in [0.5, 0.6) is 0 Å².